The van der Waals surface area contributed by atoms with Crippen LogP contribution in [-0.4, -0.2) is 11.0 Å². The molecule has 0 spiro atoms. The van der Waals surface area contributed by atoms with E-state index in [2.05, 4.69) is 4.98 Å². The molecule has 0 fully saturated rings. The standard InChI is InChI=1S/C10H7NO2/c12-10(13)9-3-1-2-7-6-11-5-4-8(7)9/h1-6H,(H,12,13)/p-1. The number of carbonyl (C=O) groups excluding carboxylic acids is 1. The number of aromatic carboxylic acids is 1. The molecule has 0 saturated heterocycles. The van der Waals surface area contributed by atoms with Crippen LogP contribution in [0.3, 0.4) is 0 Å². The molecule has 0 aliphatic rings. The molecule has 0 unspecified atom stereocenters. The molecule has 0 bridgehead atoms. The highest BCUT2D eigenvalue weighted by Crippen LogP contribution is 2.16. The summed E-state index contributed by atoms with van der Waals surface area (Å²) in [5.74, 6) is -1.16. The summed E-state index contributed by atoms with van der Waals surface area (Å²) in [6, 6.07) is 6.68. The van der Waals surface area contributed by atoms with E-state index in [1.165, 1.54) is 6.07 Å². The number of benzene rings is 1. The van der Waals surface area contributed by atoms with Crippen molar-refractivity contribution in [2.75, 3.05) is 0 Å². The number of carboxylic acid groups (broad SMARTS) is 1. The van der Waals surface area contributed by atoms with Gasteiger partial charge >= 0.3 is 0 Å². The third-order valence-corrected chi connectivity index (χ3v) is 1.90. The second kappa shape index (κ2) is 2.86. The average Bonchev–Trinajstić information content (AvgIpc) is 2.17. The Kier molecular flexibility index (Phi) is 1.70. The lowest BCUT2D eigenvalue weighted by Gasteiger charge is -2.05. The molecular weight excluding hydrogens is 166 g/mol. The van der Waals surface area contributed by atoms with E-state index in [1.54, 1.807) is 24.5 Å². The second-order valence-corrected chi connectivity index (χ2v) is 2.69. The number of hydrogen-bond acceptors (Lipinski definition) is 3. The molecule has 0 atom stereocenters. The van der Waals surface area contributed by atoms with Gasteiger partial charge in [-0.05, 0) is 11.5 Å². The van der Waals surface area contributed by atoms with Crippen LogP contribution in [0, 0.1) is 0 Å². The van der Waals surface area contributed by atoms with Crippen molar-refractivity contribution in [3.8, 4) is 0 Å². The van der Waals surface area contributed by atoms with Gasteiger partial charge in [0, 0.05) is 23.3 Å². The monoisotopic (exact) mass is 172 g/mol. The van der Waals surface area contributed by atoms with Crippen LogP contribution in [0.1, 0.15) is 10.4 Å². The molecule has 3 heteroatoms. The van der Waals surface area contributed by atoms with E-state index in [0.29, 0.717) is 5.39 Å². The van der Waals surface area contributed by atoms with Gasteiger partial charge in [0.25, 0.3) is 0 Å². The first kappa shape index (κ1) is 7.73. The summed E-state index contributed by atoms with van der Waals surface area (Å²) >= 11 is 0. The zero-order valence-corrected chi connectivity index (χ0v) is 6.73. The normalized spacial score (nSPS) is 10.2. The summed E-state index contributed by atoms with van der Waals surface area (Å²) in [7, 11) is 0. The molecule has 1 aromatic carbocycles. The minimum atomic E-state index is -1.16. The van der Waals surface area contributed by atoms with Gasteiger partial charge in [0.15, 0.2) is 0 Å². The average molecular weight is 172 g/mol. The molecule has 1 heterocycles. The maximum absolute atomic E-state index is 10.7. The number of carbonyl (C=O) groups is 1. The van der Waals surface area contributed by atoms with Crippen molar-refractivity contribution in [3.05, 3.63) is 42.2 Å². The smallest absolute Gasteiger partial charge is 0.0721 e. The lowest BCUT2D eigenvalue weighted by Crippen LogP contribution is -2.22. The van der Waals surface area contributed by atoms with Crippen LogP contribution in [0.2, 0.25) is 0 Å². The molecule has 2 aromatic rings. The largest absolute Gasteiger partial charge is 0.545 e. The Morgan fingerprint density at radius 3 is 2.92 bits per heavy atom. The molecule has 0 N–H and O–H groups in total. The number of aromatic nitrogens is 1. The summed E-state index contributed by atoms with van der Waals surface area (Å²) in [5, 5.41) is 12.2. The molecule has 1 aromatic heterocycles. The number of pyridine rings is 1. The van der Waals surface area contributed by atoms with E-state index < -0.39 is 5.97 Å². The number of hydrogen-bond donors (Lipinski definition) is 0. The van der Waals surface area contributed by atoms with Crippen molar-refractivity contribution < 1.29 is 9.90 Å². The van der Waals surface area contributed by atoms with Crippen molar-refractivity contribution in [1.29, 1.82) is 0 Å². The zero-order valence-electron chi connectivity index (χ0n) is 6.73. The fourth-order valence-corrected chi connectivity index (χ4v) is 1.30. The van der Waals surface area contributed by atoms with Gasteiger partial charge in [-0.25, -0.2) is 0 Å². The van der Waals surface area contributed by atoms with Gasteiger partial charge in [-0.15, -0.1) is 0 Å². The number of nitrogens with zero attached hydrogens (tertiary/aromatic N) is 1. The molecule has 0 aliphatic carbocycles. The van der Waals surface area contributed by atoms with Gasteiger partial charge in [-0.3, -0.25) is 4.98 Å². The van der Waals surface area contributed by atoms with Gasteiger partial charge < -0.3 is 9.90 Å². The number of rotatable bonds is 1. The van der Waals surface area contributed by atoms with Crippen LogP contribution in [-0.2, 0) is 0 Å². The van der Waals surface area contributed by atoms with Crippen molar-refractivity contribution >= 4 is 16.7 Å². The van der Waals surface area contributed by atoms with Crippen LogP contribution in [0.4, 0.5) is 0 Å². The van der Waals surface area contributed by atoms with Crippen LogP contribution in [0.15, 0.2) is 36.7 Å². The van der Waals surface area contributed by atoms with Gasteiger partial charge in [-0.1, -0.05) is 18.2 Å². The van der Waals surface area contributed by atoms with Crippen molar-refractivity contribution in [1.82, 2.24) is 4.98 Å². The van der Waals surface area contributed by atoms with Crippen molar-refractivity contribution in [2.24, 2.45) is 0 Å². The van der Waals surface area contributed by atoms with Crippen LogP contribution in [0.5, 0.6) is 0 Å². The molecule has 0 saturated carbocycles. The van der Waals surface area contributed by atoms with E-state index in [9.17, 15) is 9.90 Å². The molecular formula is C10H6NO2-. The van der Waals surface area contributed by atoms with Gasteiger partial charge in [0.2, 0.25) is 0 Å². The maximum atomic E-state index is 10.7. The SMILES string of the molecule is O=C([O-])c1cccc2cnccc12. The van der Waals surface area contributed by atoms with E-state index in [1.807, 2.05) is 6.07 Å². The third kappa shape index (κ3) is 1.24. The lowest BCUT2D eigenvalue weighted by molar-refractivity contribution is -0.254. The Hall–Kier alpha value is -1.90. The Morgan fingerprint density at radius 2 is 2.15 bits per heavy atom. The van der Waals surface area contributed by atoms with Crippen molar-refractivity contribution in [2.45, 2.75) is 0 Å². The highest BCUT2D eigenvalue weighted by Gasteiger charge is 1.99. The third-order valence-electron chi connectivity index (χ3n) is 1.90. The Morgan fingerprint density at radius 1 is 1.31 bits per heavy atom. The maximum Gasteiger partial charge on any atom is 0.0721 e. The van der Waals surface area contributed by atoms with E-state index in [-0.39, 0.29) is 5.56 Å². The van der Waals surface area contributed by atoms with Crippen LogP contribution in [0.25, 0.3) is 10.8 Å². The summed E-state index contributed by atoms with van der Waals surface area (Å²) in [6.45, 7) is 0. The minimum Gasteiger partial charge on any atom is -0.545 e. The lowest BCUT2D eigenvalue weighted by atomic mass is 10.1. The molecule has 13 heavy (non-hydrogen) atoms. The summed E-state index contributed by atoms with van der Waals surface area (Å²) < 4.78 is 0. The second-order valence-electron chi connectivity index (χ2n) is 2.69. The predicted octanol–water partition coefficient (Wildman–Crippen LogP) is 0.598. The fraction of sp³-hybridized carbons (Fsp3) is 0. The first-order valence-corrected chi connectivity index (χ1v) is 3.83. The Bertz CT molecular complexity index is 460. The molecule has 0 amide bonds. The number of carboxylic acids is 1. The highest BCUT2D eigenvalue weighted by molar-refractivity contribution is 6.02. The summed E-state index contributed by atoms with van der Waals surface area (Å²) in [4.78, 5) is 14.6. The molecule has 0 radical (unpaired) electrons. The topological polar surface area (TPSA) is 53.0 Å². The van der Waals surface area contributed by atoms with Crippen LogP contribution >= 0.6 is 0 Å². The fourth-order valence-electron chi connectivity index (χ4n) is 1.30. The van der Waals surface area contributed by atoms with E-state index >= 15 is 0 Å². The van der Waals surface area contributed by atoms with Crippen molar-refractivity contribution in [3.63, 3.8) is 0 Å². The van der Waals surface area contributed by atoms with E-state index in [4.69, 9.17) is 0 Å². The Labute approximate surface area is 74.7 Å². The molecule has 3 nitrogen and oxygen atoms in total. The first-order chi connectivity index (χ1) is 6.29. The highest BCUT2D eigenvalue weighted by atomic mass is 16.4. The first-order valence-electron chi connectivity index (χ1n) is 3.83. The quantitative estimate of drug-likeness (QED) is 0.632. The molecule has 64 valence electrons. The van der Waals surface area contributed by atoms with Gasteiger partial charge in [-0.2, -0.15) is 0 Å². The molecule has 0 aliphatic heterocycles. The number of fused-ring (bicyclic) bond motifs is 1. The Balaban J connectivity index is 2.83. The van der Waals surface area contributed by atoms with Crippen LogP contribution < -0.4 is 5.11 Å². The molecule has 2 rings (SSSR count). The summed E-state index contributed by atoms with van der Waals surface area (Å²) in [6.07, 6.45) is 3.19. The zero-order chi connectivity index (χ0) is 9.26. The predicted molar refractivity (Wildman–Crippen MR) is 46.1 cm³/mol. The van der Waals surface area contributed by atoms with Gasteiger partial charge in [0.05, 0.1) is 5.97 Å². The van der Waals surface area contributed by atoms with E-state index in [0.717, 1.165) is 5.39 Å². The summed E-state index contributed by atoms with van der Waals surface area (Å²) in [5.41, 5.74) is 0.208. The van der Waals surface area contributed by atoms with Gasteiger partial charge in [0.1, 0.15) is 0 Å². The minimum absolute atomic E-state index is 0.208.